The van der Waals surface area contributed by atoms with Gasteiger partial charge in [0, 0.05) is 25.6 Å². The van der Waals surface area contributed by atoms with Crippen LogP contribution in [0.3, 0.4) is 0 Å². The largest absolute Gasteiger partial charge is 0.310 e. The highest BCUT2D eigenvalue weighted by atomic mass is 15.2. The van der Waals surface area contributed by atoms with Crippen molar-refractivity contribution in [3.05, 3.63) is 42.2 Å². The van der Waals surface area contributed by atoms with Crippen LogP contribution in [0.5, 0.6) is 0 Å². The summed E-state index contributed by atoms with van der Waals surface area (Å²) in [6, 6.07) is 1.95. The molecule has 0 fully saturated rings. The summed E-state index contributed by atoms with van der Waals surface area (Å²) in [7, 11) is 3.83. The van der Waals surface area contributed by atoms with Crippen molar-refractivity contribution in [2.45, 2.75) is 12.5 Å². The van der Waals surface area contributed by atoms with Crippen molar-refractivity contribution in [1.29, 1.82) is 0 Å². The van der Waals surface area contributed by atoms with Gasteiger partial charge in [0.25, 0.3) is 0 Å². The number of aryl methyl sites for hydroxylation is 1. The van der Waals surface area contributed by atoms with Crippen LogP contribution in [0.1, 0.15) is 17.4 Å². The minimum atomic E-state index is 0.130. The molecule has 2 rings (SSSR count). The monoisotopic (exact) mass is 217 g/mol. The van der Waals surface area contributed by atoms with Crippen LogP contribution in [0.4, 0.5) is 0 Å². The number of hydrogen-bond donors (Lipinski definition) is 1. The van der Waals surface area contributed by atoms with Gasteiger partial charge in [-0.05, 0) is 25.1 Å². The summed E-state index contributed by atoms with van der Waals surface area (Å²) in [5.41, 5.74) is 1.18. The first-order chi connectivity index (χ1) is 7.79. The summed E-state index contributed by atoms with van der Waals surface area (Å²) in [4.78, 5) is 8.50. The third-order valence-electron chi connectivity index (χ3n) is 2.44. The molecule has 1 N–H and O–H groups in total. The Morgan fingerprint density at radius 1 is 1.38 bits per heavy atom. The molecule has 0 aromatic carbocycles. The smallest absolute Gasteiger partial charge is 0.145 e. The van der Waals surface area contributed by atoms with E-state index in [0.717, 1.165) is 12.2 Å². The number of aromatic nitrogens is 4. The van der Waals surface area contributed by atoms with Gasteiger partial charge in [0.2, 0.25) is 0 Å². The molecule has 5 nitrogen and oxygen atoms in total. The number of rotatable bonds is 4. The Morgan fingerprint density at radius 3 is 2.69 bits per heavy atom. The van der Waals surface area contributed by atoms with Crippen LogP contribution in [0, 0.1) is 0 Å². The van der Waals surface area contributed by atoms with Crippen molar-refractivity contribution in [2.24, 2.45) is 7.05 Å². The molecule has 0 aliphatic heterocycles. The van der Waals surface area contributed by atoms with E-state index in [4.69, 9.17) is 0 Å². The molecule has 1 unspecified atom stereocenters. The van der Waals surface area contributed by atoms with Gasteiger partial charge in [0.1, 0.15) is 5.82 Å². The minimum absolute atomic E-state index is 0.130. The first-order valence-corrected chi connectivity index (χ1v) is 5.21. The van der Waals surface area contributed by atoms with Crippen LogP contribution in [-0.2, 0) is 13.5 Å². The van der Waals surface area contributed by atoms with Gasteiger partial charge in [-0.3, -0.25) is 4.68 Å². The van der Waals surface area contributed by atoms with Crippen molar-refractivity contribution in [3.63, 3.8) is 0 Å². The van der Waals surface area contributed by atoms with E-state index < -0.39 is 0 Å². The predicted molar refractivity (Wildman–Crippen MR) is 60.7 cm³/mol. The van der Waals surface area contributed by atoms with E-state index in [2.05, 4.69) is 20.4 Å². The Hall–Kier alpha value is -1.75. The van der Waals surface area contributed by atoms with Gasteiger partial charge in [-0.15, -0.1) is 0 Å². The number of nitrogens with zero attached hydrogens (tertiary/aromatic N) is 4. The Morgan fingerprint density at radius 2 is 2.12 bits per heavy atom. The zero-order chi connectivity index (χ0) is 11.4. The highest BCUT2D eigenvalue weighted by Crippen LogP contribution is 2.13. The van der Waals surface area contributed by atoms with Crippen molar-refractivity contribution >= 4 is 0 Å². The summed E-state index contributed by atoms with van der Waals surface area (Å²) in [6.45, 7) is 0. The summed E-state index contributed by atoms with van der Waals surface area (Å²) in [6.07, 6.45) is 8.24. The van der Waals surface area contributed by atoms with Gasteiger partial charge in [-0.1, -0.05) is 0 Å². The molecule has 16 heavy (non-hydrogen) atoms. The van der Waals surface area contributed by atoms with Crippen LogP contribution >= 0.6 is 0 Å². The topological polar surface area (TPSA) is 55.6 Å². The maximum atomic E-state index is 4.25. The lowest BCUT2D eigenvalue weighted by molar-refractivity contribution is 0.557. The van der Waals surface area contributed by atoms with E-state index >= 15 is 0 Å². The van der Waals surface area contributed by atoms with E-state index in [0.29, 0.717) is 0 Å². The highest BCUT2D eigenvalue weighted by Gasteiger charge is 2.13. The lowest BCUT2D eigenvalue weighted by atomic mass is 10.1. The fraction of sp³-hybridized carbons (Fsp3) is 0.364. The second-order valence-corrected chi connectivity index (χ2v) is 3.67. The average molecular weight is 217 g/mol. The third-order valence-corrected chi connectivity index (χ3v) is 2.44. The maximum Gasteiger partial charge on any atom is 0.145 e. The predicted octanol–water partition coefficient (Wildman–Crippen LogP) is 0.713. The molecule has 5 heteroatoms. The van der Waals surface area contributed by atoms with Gasteiger partial charge in [-0.25, -0.2) is 9.97 Å². The molecule has 0 amide bonds. The second kappa shape index (κ2) is 4.85. The quantitative estimate of drug-likeness (QED) is 0.819. The van der Waals surface area contributed by atoms with Crippen LogP contribution < -0.4 is 5.32 Å². The minimum Gasteiger partial charge on any atom is -0.310 e. The second-order valence-electron chi connectivity index (χ2n) is 3.67. The standard InChI is InChI=1S/C11H15N5/c1-12-10(11-13-4-3-5-14-11)6-9-7-15-16(2)8-9/h3-5,7-8,10,12H,6H2,1-2H3. The molecule has 0 saturated heterocycles. The van der Waals surface area contributed by atoms with Gasteiger partial charge < -0.3 is 5.32 Å². The van der Waals surface area contributed by atoms with Crippen molar-refractivity contribution in [2.75, 3.05) is 7.05 Å². The Bertz CT molecular complexity index is 437. The normalized spacial score (nSPS) is 12.6. The van der Waals surface area contributed by atoms with Crippen LogP contribution in [0.25, 0.3) is 0 Å². The number of likely N-dealkylation sites (N-methyl/N-ethyl adjacent to an activating group) is 1. The molecule has 84 valence electrons. The lowest BCUT2D eigenvalue weighted by Gasteiger charge is -2.12. The molecule has 2 aromatic rings. The highest BCUT2D eigenvalue weighted by molar-refractivity contribution is 5.09. The Kier molecular flexibility index (Phi) is 3.26. The summed E-state index contributed by atoms with van der Waals surface area (Å²) in [5, 5.41) is 7.36. The van der Waals surface area contributed by atoms with E-state index in [9.17, 15) is 0 Å². The van der Waals surface area contributed by atoms with E-state index in [1.807, 2.05) is 32.6 Å². The molecule has 0 aliphatic rings. The molecule has 0 aliphatic carbocycles. The molecule has 0 radical (unpaired) electrons. The molecule has 0 spiro atoms. The first kappa shape index (κ1) is 10.8. The molecule has 0 bridgehead atoms. The SMILES string of the molecule is CNC(Cc1cnn(C)c1)c1ncccn1. The maximum absolute atomic E-state index is 4.25. The zero-order valence-electron chi connectivity index (χ0n) is 9.46. The summed E-state index contributed by atoms with van der Waals surface area (Å²) >= 11 is 0. The fourth-order valence-corrected chi connectivity index (χ4v) is 1.63. The zero-order valence-corrected chi connectivity index (χ0v) is 9.46. The van der Waals surface area contributed by atoms with Crippen molar-refractivity contribution in [1.82, 2.24) is 25.1 Å². The molecule has 1 atom stereocenters. The fourth-order valence-electron chi connectivity index (χ4n) is 1.63. The van der Waals surface area contributed by atoms with Gasteiger partial charge in [-0.2, -0.15) is 5.10 Å². The van der Waals surface area contributed by atoms with Crippen LogP contribution in [-0.4, -0.2) is 26.8 Å². The first-order valence-electron chi connectivity index (χ1n) is 5.21. The van der Waals surface area contributed by atoms with E-state index in [1.165, 1.54) is 5.56 Å². The van der Waals surface area contributed by atoms with E-state index in [1.54, 1.807) is 17.1 Å². The van der Waals surface area contributed by atoms with E-state index in [-0.39, 0.29) is 6.04 Å². The Balaban J connectivity index is 2.12. The summed E-state index contributed by atoms with van der Waals surface area (Å²) < 4.78 is 1.80. The van der Waals surface area contributed by atoms with Crippen LogP contribution in [0.15, 0.2) is 30.9 Å². The third kappa shape index (κ3) is 2.43. The van der Waals surface area contributed by atoms with Gasteiger partial charge in [0.05, 0.1) is 12.2 Å². The van der Waals surface area contributed by atoms with Crippen LogP contribution in [0.2, 0.25) is 0 Å². The number of nitrogens with one attached hydrogen (secondary N) is 1. The van der Waals surface area contributed by atoms with Crippen molar-refractivity contribution in [3.8, 4) is 0 Å². The van der Waals surface area contributed by atoms with Crippen molar-refractivity contribution < 1.29 is 0 Å². The van der Waals surface area contributed by atoms with Gasteiger partial charge in [0.15, 0.2) is 0 Å². The molecule has 2 heterocycles. The lowest BCUT2D eigenvalue weighted by Crippen LogP contribution is -2.21. The molecule has 2 aromatic heterocycles. The average Bonchev–Trinajstić information content (AvgIpc) is 2.73. The molecular weight excluding hydrogens is 202 g/mol. The summed E-state index contributed by atoms with van der Waals surface area (Å²) in [5.74, 6) is 0.814. The molecular formula is C11H15N5. The molecule has 0 saturated carbocycles. The number of hydrogen-bond acceptors (Lipinski definition) is 4. The van der Waals surface area contributed by atoms with Gasteiger partial charge >= 0.3 is 0 Å². The Labute approximate surface area is 94.5 Å².